The van der Waals surface area contributed by atoms with E-state index in [2.05, 4.69) is 10.1 Å². The third kappa shape index (κ3) is 1.93. The summed E-state index contributed by atoms with van der Waals surface area (Å²) in [7, 11) is 0. The smallest absolute Gasteiger partial charge is 0.161 e. The van der Waals surface area contributed by atoms with Crippen molar-refractivity contribution in [2.24, 2.45) is 5.73 Å². The van der Waals surface area contributed by atoms with Gasteiger partial charge in [-0.25, -0.2) is 18.3 Å². The molecule has 2 aromatic rings. The Kier molecular flexibility index (Phi) is 3.60. The van der Waals surface area contributed by atoms with Crippen molar-refractivity contribution in [3.8, 4) is 0 Å². The average Bonchev–Trinajstić information content (AvgIpc) is 2.98. The fraction of sp³-hybridized carbons (Fsp3) is 0.538. The van der Waals surface area contributed by atoms with Gasteiger partial charge in [0.15, 0.2) is 12.0 Å². The summed E-state index contributed by atoms with van der Waals surface area (Å²) in [5.74, 6) is -0.618. The molecule has 0 spiro atoms. The van der Waals surface area contributed by atoms with Crippen molar-refractivity contribution in [1.82, 2.24) is 14.6 Å². The van der Waals surface area contributed by atoms with E-state index in [-0.39, 0.29) is 17.8 Å². The van der Waals surface area contributed by atoms with Crippen LogP contribution in [0.2, 0.25) is 0 Å². The lowest BCUT2D eigenvalue weighted by molar-refractivity contribution is -0.106. The number of nitrogens with zero attached hydrogens (tertiary/aromatic N) is 3. The zero-order valence-corrected chi connectivity index (χ0v) is 11.8. The summed E-state index contributed by atoms with van der Waals surface area (Å²) < 4.78 is 35.2. The van der Waals surface area contributed by atoms with Crippen LogP contribution in [-0.2, 0) is 4.74 Å². The molecule has 7 nitrogen and oxygen atoms in total. The Morgan fingerprint density at radius 3 is 2.86 bits per heavy atom. The van der Waals surface area contributed by atoms with Gasteiger partial charge >= 0.3 is 0 Å². The van der Waals surface area contributed by atoms with E-state index in [4.69, 9.17) is 10.5 Å². The Labute approximate surface area is 124 Å². The van der Waals surface area contributed by atoms with Crippen LogP contribution in [0.15, 0.2) is 12.4 Å². The van der Waals surface area contributed by atoms with Crippen molar-refractivity contribution in [3.05, 3.63) is 29.6 Å². The van der Waals surface area contributed by atoms with Crippen LogP contribution in [0.1, 0.15) is 17.5 Å². The zero-order chi connectivity index (χ0) is 16.1. The lowest BCUT2D eigenvalue weighted by Gasteiger charge is -2.27. The molecule has 0 bridgehead atoms. The molecule has 0 unspecified atom stereocenters. The highest BCUT2D eigenvalue weighted by atomic mass is 19.1. The molecule has 120 valence electrons. The largest absolute Gasteiger partial charge is 0.393 e. The van der Waals surface area contributed by atoms with Crippen molar-refractivity contribution >= 4 is 5.52 Å². The molecule has 22 heavy (non-hydrogen) atoms. The molecule has 0 saturated carbocycles. The third-order valence-corrected chi connectivity index (χ3v) is 4.11. The van der Waals surface area contributed by atoms with Gasteiger partial charge in [-0.15, -0.1) is 0 Å². The van der Waals surface area contributed by atoms with E-state index in [0.717, 1.165) is 6.07 Å². The van der Waals surface area contributed by atoms with E-state index < -0.39 is 36.4 Å². The van der Waals surface area contributed by atoms with Gasteiger partial charge < -0.3 is 20.7 Å². The Morgan fingerprint density at radius 1 is 1.55 bits per heavy atom. The Hall–Kier alpha value is -1.68. The number of nitrogens with two attached hydrogens (primary N) is 1. The normalized spacial score (nSPS) is 32.0. The molecule has 0 aliphatic carbocycles. The fourth-order valence-corrected chi connectivity index (χ4v) is 2.80. The van der Waals surface area contributed by atoms with Gasteiger partial charge in [0.2, 0.25) is 0 Å². The molecule has 3 heterocycles. The molecule has 4 atom stereocenters. The average molecular weight is 314 g/mol. The number of halogens is 2. The number of aromatic nitrogens is 3. The van der Waals surface area contributed by atoms with Crippen molar-refractivity contribution in [2.75, 3.05) is 13.2 Å². The second kappa shape index (κ2) is 5.20. The van der Waals surface area contributed by atoms with Gasteiger partial charge in [0.25, 0.3) is 0 Å². The van der Waals surface area contributed by atoms with Gasteiger partial charge in [-0.3, -0.25) is 0 Å². The topological polar surface area (TPSA) is 106 Å². The fourth-order valence-electron chi connectivity index (χ4n) is 2.80. The van der Waals surface area contributed by atoms with Crippen LogP contribution in [0.25, 0.3) is 5.52 Å². The van der Waals surface area contributed by atoms with Crippen LogP contribution in [0.5, 0.6) is 0 Å². The van der Waals surface area contributed by atoms with Gasteiger partial charge in [0.1, 0.15) is 29.7 Å². The van der Waals surface area contributed by atoms with Crippen molar-refractivity contribution in [3.63, 3.8) is 0 Å². The second-order valence-corrected chi connectivity index (χ2v) is 5.38. The van der Waals surface area contributed by atoms with E-state index in [9.17, 15) is 19.0 Å². The number of ether oxygens (including phenoxy) is 1. The number of aryl methyl sites for hydroxylation is 1. The van der Waals surface area contributed by atoms with Gasteiger partial charge in [0.05, 0.1) is 18.0 Å². The highest BCUT2D eigenvalue weighted by Crippen LogP contribution is 2.42. The summed E-state index contributed by atoms with van der Waals surface area (Å²) >= 11 is 0. The first-order valence-corrected chi connectivity index (χ1v) is 6.75. The Balaban J connectivity index is 2.11. The van der Waals surface area contributed by atoms with E-state index in [1.165, 1.54) is 10.8 Å². The minimum atomic E-state index is -1.87. The highest BCUT2D eigenvalue weighted by molar-refractivity contribution is 5.54. The van der Waals surface area contributed by atoms with Crippen LogP contribution >= 0.6 is 0 Å². The molecule has 3 rings (SSSR count). The Bertz CT molecular complexity index is 704. The maximum absolute atomic E-state index is 14.5. The summed E-state index contributed by atoms with van der Waals surface area (Å²) in [6.45, 7) is 0.668. The molecule has 0 amide bonds. The SMILES string of the molecule is Cc1ncnn2c([C@@H]3O[C@](CN)(CO)[C@@H](O)[C@H]3F)cc(F)c12. The molecule has 0 radical (unpaired) electrons. The van der Waals surface area contributed by atoms with Crippen LogP contribution in [0.3, 0.4) is 0 Å². The summed E-state index contributed by atoms with van der Waals surface area (Å²) in [6, 6.07) is 1.09. The molecule has 1 fully saturated rings. The van der Waals surface area contributed by atoms with E-state index >= 15 is 0 Å². The van der Waals surface area contributed by atoms with Crippen molar-refractivity contribution < 1.29 is 23.7 Å². The zero-order valence-electron chi connectivity index (χ0n) is 11.8. The number of aliphatic hydroxyl groups excluding tert-OH is 2. The second-order valence-electron chi connectivity index (χ2n) is 5.38. The molecule has 0 aromatic carbocycles. The minimum Gasteiger partial charge on any atom is -0.393 e. The predicted molar refractivity (Wildman–Crippen MR) is 71.3 cm³/mol. The molecule has 1 aliphatic rings. The van der Waals surface area contributed by atoms with Gasteiger partial charge in [0, 0.05) is 12.6 Å². The summed E-state index contributed by atoms with van der Waals surface area (Å²) in [6.07, 6.45) is -3.57. The number of hydrogen-bond donors (Lipinski definition) is 3. The molecule has 4 N–H and O–H groups in total. The van der Waals surface area contributed by atoms with Crippen LogP contribution in [-0.4, -0.2) is 55.8 Å². The van der Waals surface area contributed by atoms with E-state index in [1.54, 1.807) is 6.92 Å². The standard InChI is InChI=1S/C13H16F2N4O3/c1-6-10-7(14)2-8(19(10)18-5-17-6)11-9(15)12(21)13(3-16,4-20)22-11/h2,5,9,11-12,20-21H,3-4,16H2,1H3/t9-,11-,12-,13+/m0/s1. The molecule has 9 heteroatoms. The minimum absolute atomic E-state index is 0.0910. The van der Waals surface area contributed by atoms with Crippen LogP contribution in [0.4, 0.5) is 8.78 Å². The number of alkyl halides is 1. The number of hydrogen-bond acceptors (Lipinski definition) is 6. The summed E-state index contributed by atoms with van der Waals surface area (Å²) in [4.78, 5) is 3.89. The number of rotatable bonds is 3. The Morgan fingerprint density at radius 2 is 2.27 bits per heavy atom. The maximum Gasteiger partial charge on any atom is 0.161 e. The first-order valence-electron chi connectivity index (χ1n) is 6.75. The molecule has 1 aliphatic heterocycles. The lowest BCUT2D eigenvalue weighted by atomic mass is 9.96. The molecular weight excluding hydrogens is 298 g/mol. The number of aliphatic hydroxyl groups is 2. The van der Waals surface area contributed by atoms with E-state index in [1.807, 2.05) is 0 Å². The van der Waals surface area contributed by atoms with Gasteiger partial charge in [-0.2, -0.15) is 5.10 Å². The summed E-state index contributed by atoms with van der Waals surface area (Å²) in [5.41, 5.74) is 4.47. The lowest BCUT2D eigenvalue weighted by Crippen LogP contribution is -2.51. The first kappa shape index (κ1) is 15.2. The summed E-state index contributed by atoms with van der Waals surface area (Å²) in [5, 5.41) is 23.3. The van der Waals surface area contributed by atoms with Crippen molar-refractivity contribution in [1.29, 1.82) is 0 Å². The number of fused-ring (bicyclic) bond motifs is 1. The predicted octanol–water partition coefficient (Wildman–Crippen LogP) is -0.363. The van der Waals surface area contributed by atoms with Gasteiger partial charge in [-0.05, 0) is 6.92 Å². The van der Waals surface area contributed by atoms with Crippen LogP contribution in [0, 0.1) is 12.7 Å². The quantitative estimate of drug-likeness (QED) is 0.714. The molecule has 2 aromatic heterocycles. The van der Waals surface area contributed by atoms with Crippen molar-refractivity contribution in [2.45, 2.75) is 30.9 Å². The third-order valence-electron chi connectivity index (χ3n) is 4.11. The van der Waals surface area contributed by atoms with Gasteiger partial charge in [-0.1, -0.05) is 0 Å². The monoisotopic (exact) mass is 314 g/mol. The first-order chi connectivity index (χ1) is 10.4. The highest BCUT2D eigenvalue weighted by Gasteiger charge is 2.55. The molecular formula is C13H16F2N4O3. The molecule has 1 saturated heterocycles. The van der Waals surface area contributed by atoms with Crippen LogP contribution < -0.4 is 5.73 Å². The van der Waals surface area contributed by atoms with E-state index in [0.29, 0.717) is 5.69 Å². The maximum atomic E-state index is 14.5.